The van der Waals surface area contributed by atoms with Crippen LogP contribution in [0.25, 0.3) is 0 Å². The van der Waals surface area contributed by atoms with Crippen LogP contribution in [0.1, 0.15) is 5.56 Å². The number of nitriles is 1. The first-order valence-electron chi connectivity index (χ1n) is 3.71. The monoisotopic (exact) mass is 210 g/mol. The molecular weight excluding hydrogens is 204 g/mol. The summed E-state index contributed by atoms with van der Waals surface area (Å²) in [5, 5.41) is 11.4. The minimum Gasteiger partial charge on any atom is -0.368 e. The Hall–Kier alpha value is -1.80. The molecule has 1 heterocycles. The maximum Gasteiger partial charge on any atom is 0.236 e. The van der Waals surface area contributed by atoms with Crippen molar-refractivity contribution in [3.05, 3.63) is 22.8 Å². The Morgan fingerprint density at radius 1 is 1.71 bits per heavy atom. The number of primary amides is 1. The fourth-order valence-electron chi connectivity index (χ4n) is 0.830. The van der Waals surface area contributed by atoms with Gasteiger partial charge in [0.05, 0.1) is 18.2 Å². The van der Waals surface area contributed by atoms with E-state index in [9.17, 15) is 4.79 Å². The standard InChI is InChI=1S/C8H7ClN4O/c9-6-1-5(3-10)2-8(13-6)12-4-7(11)14/h1-2H,4H2,(H2,11,14)(H,12,13). The second-order valence-corrected chi connectivity index (χ2v) is 2.88. The van der Waals surface area contributed by atoms with Crippen LogP contribution in [-0.2, 0) is 4.79 Å². The van der Waals surface area contributed by atoms with Crippen molar-refractivity contribution < 1.29 is 4.79 Å². The van der Waals surface area contributed by atoms with Crippen molar-refractivity contribution in [1.29, 1.82) is 5.26 Å². The third-order valence-corrected chi connectivity index (χ3v) is 1.56. The number of pyridine rings is 1. The van der Waals surface area contributed by atoms with Gasteiger partial charge in [-0.1, -0.05) is 11.6 Å². The van der Waals surface area contributed by atoms with Gasteiger partial charge in [-0.25, -0.2) is 4.98 Å². The molecule has 1 amide bonds. The third-order valence-electron chi connectivity index (χ3n) is 1.37. The normalized spacial score (nSPS) is 9.14. The molecule has 72 valence electrons. The molecule has 5 nitrogen and oxygen atoms in total. The van der Waals surface area contributed by atoms with E-state index >= 15 is 0 Å². The molecule has 0 atom stereocenters. The van der Waals surface area contributed by atoms with Crippen LogP contribution in [0, 0.1) is 11.3 Å². The van der Waals surface area contributed by atoms with Gasteiger partial charge in [0.25, 0.3) is 0 Å². The van der Waals surface area contributed by atoms with E-state index in [4.69, 9.17) is 22.6 Å². The lowest BCUT2D eigenvalue weighted by atomic mass is 10.3. The summed E-state index contributed by atoms with van der Waals surface area (Å²) in [4.78, 5) is 14.3. The molecule has 6 heteroatoms. The number of amides is 1. The van der Waals surface area contributed by atoms with E-state index in [0.29, 0.717) is 11.4 Å². The number of rotatable bonds is 3. The Kier molecular flexibility index (Phi) is 3.26. The minimum atomic E-state index is -0.509. The Morgan fingerprint density at radius 2 is 2.43 bits per heavy atom. The fourth-order valence-corrected chi connectivity index (χ4v) is 1.04. The van der Waals surface area contributed by atoms with E-state index in [2.05, 4.69) is 10.3 Å². The molecular formula is C8H7ClN4O. The van der Waals surface area contributed by atoms with Crippen LogP contribution in [0.4, 0.5) is 5.82 Å². The number of carbonyl (C=O) groups is 1. The molecule has 0 aliphatic carbocycles. The summed E-state index contributed by atoms with van der Waals surface area (Å²) in [6.45, 7) is -0.0434. The first kappa shape index (κ1) is 10.3. The number of nitrogens with zero attached hydrogens (tertiary/aromatic N) is 2. The Labute approximate surface area is 85.5 Å². The van der Waals surface area contributed by atoms with E-state index in [-0.39, 0.29) is 11.7 Å². The third kappa shape index (κ3) is 2.92. The van der Waals surface area contributed by atoms with Crippen molar-refractivity contribution in [3.63, 3.8) is 0 Å². The van der Waals surface area contributed by atoms with Crippen LogP contribution in [-0.4, -0.2) is 17.4 Å². The highest BCUT2D eigenvalue weighted by Gasteiger charge is 2.01. The lowest BCUT2D eigenvalue weighted by Gasteiger charge is -2.03. The van der Waals surface area contributed by atoms with Crippen molar-refractivity contribution in [1.82, 2.24) is 4.98 Å². The Morgan fingerprint density at radius 3 is 3.00 bits per heavy atom. The van der Waals surface area contributed by atoms with Crippen LogP contribution < -0.4 is 11.1 Å². The smallest absolute Gasteiger partial charge is 0.236 e. The lowest BCUT2D eigenvalue weighted by Crippen LogP contribution is -2.22. The predicted molar refractivity (Wildman–Crippen MR) is 51.6 cm³/mol. The molecule has 0 aliphatic rings. The molecule has 0 bridgehead atoms. The van der Waals surface area contributed by atoms with Gasteiger partial charge in [-0.3, -0.25) is 4.79 Å². The van der Waals surface area contributed by atoms with Gasteiger partial charge in [-0.2, -0.15) is 5.26 Å². The Balaban J connectivity index is 2.82. The van der Waals surface area contributed by atoms with Gasteiger partial charge in [0.15, 0.2) is 0 Å². The average molecular weight is 211 g/mol. The SMILES string of the molecule is N#Cc1cc(Cl)nc(NCC(N)=O)c1. The molecule has 0 radical (unpaired) electrons. The van der Waals surface area contributed by atoms with Crippen LogP contribution in [0.3, 0.4) is 0 Å². The number of nitrogens with two attached hydrogens (primary N) is 1. The summed E-state index contributed by atoms with van der Waals surface area (Å²) in [6, 6.07) is 4.82. The van der Waals surface area contributed by atoms with E-state index in [0.717, 1.165) is 0 Å². The minimum absolute atomic E-state index is 0.0434. The van der Waals surface area contributed by atoms with Gasteiger partial charge in [0.2, 0.25) is 5.91 Å². The molecule has 14 heavy (non-hydrogen) atoms. The van der Waals surface area contributed by atoms with Crippen LogP contribution in [0.5, 0.6) is 0 Å². The fraction of sp³-hybridized carbons (Fsp3) is 0.125. The second kappa shape index (κ2) is 4.44. The predicted octanol–water partition coefficient (Wildman–Crippen LogP) is 0.504. The van der Waals surface area contributed by atoms with Gasteiger partial charge in [0.1, 0.15) is 11.0 Å². The van der Waals surface area contributed by atoms with Crippen LogP contribution in [0.15, 0.2) is 12.1 Å². The van der Waals surface area contributed by atoms with Crippen molar-refractivity contribution >= 4 is 23.3 Å². The zero-order chi connectivity index (χ0) is 10.6. The number of carbonyl (C=O) groups excluding carboxylic acids is 1. The van der Waals surface area contributed by atoms with Gasteiger partial charge < -0.3 is 11.1 Å². The number of anilines is 1. The molecule has 1 aromatic rings. The van der Waals surface area contributed by atoms with Crippen molar-refractivity contribution in [2.45, 2.75) is 0 Å². The zero-order valence-electron chi connectivity index (χ0n) is 7.12. The largest absolute Gasteiger partial charge is 0.368 e. The number of halogens is 1. The van der Waals surface area contributed by atoms with E-state index in [1.54, 1.807) is 0 Å². The van der Waals surface area contributed by atoms with E-state index < -0.39 is 5.91 Å². The molecule has 1 aromatic heterocycles. The van der Waals surface area contributed by atoms with Crippen molar-refractivity contribution in [3.8, 4) is 6.07 Å². The molecule has 0 aromatic carbocycles. The highest BCUT2D eigenvalue weighted by atomic mass is 35.5. The molecule has 0 unspecified atom stereocenters. The van der Waals surface area contributed by atoms with Crippen molar-refractivity contribution in [2.75, 3.05) is 11.9 Å². The lowest BCUT2D eigenvalue weighted by molar-refractivity contribution is -0.116. The Bertz CT molecular complexity index is 399. The van der Waals surface area contributed by atoms with Crippen molar-refractivity contribution in [2.24, 2.45) is 5.73 Å². The first-order valence-corrected chi connectivity index (χ1v) is 4.09. The number of nitrogens with one attached hydrogen (secondary N) is 1. The number of hydrogen-bond donors (Lipinski definition) is 2. The van der Waals surface area contributed by atoms with Crippen LogP contribution >= 0.6 is 11.6 Å². The first-order chi connectivity index (χ1) is 6.61. The molecule has 0 fully saturated rings. The highest BCUT2D eigenvalue weighted by molar-refractivity contribution is 6.29. The number of aromatic nitrogens is 1. The van der Waals surface area contributed by atoms with E-state index in [1.807, 2.05) is 6.07 Å². The van der Waals surface area contributed by atoms with Crippen LogP contribution in [0.2, 0.25) is 5.15 Å². The van der Waals surface area contributed by atoms with E-state index in [1.165, 1.54) is 12.1 Å². The second-order valence-electron chi connectivity index (χ2n) is 2.50. The average Bonchev–Trinajstić information content (AvgIpc) is 2.14. The zero-order valence-corrected chi connectivity index (χ0v) is 7.88. The molecule has 1 rings (SSSR count). The summed E-state index contributed by atoms with van der Waals surface area (Å²) >= 11 is 5.63. The maximum absolute atomic E-state index is 10.4. The summed E-state index contributed by atoms with van der Waals surface area (Å²) in [6.07, 6.45) is 0. The summed E-state index contributed by atoms with van der Waals surface area (Å²) < 4.78 is 0. The number of hydrogen-bond acceptors (Lipinski definition) is 4. The molecule has 0 aliphatic heterocycles. The van der Waals surface area contributed by atoms with Gasteiger partial charge in [-0.15, -0.1) is 0 Å². The quantitative estimate of drug-likeness (QED) is 0.711. The van der Waals surface area contributed by atoms with Gasteiger partial charge in [-0.05, 0) is 12.1 Å². The summed E-state index contributed by atoms with van der Waals surface area (Å²) in [7, 11) is 0. The summed E-state index contributed by atoms with van der Waals surface area (Å²) in [5.41, 5.74) is 5.29. The summed E-state index contributed by atoms with van der Waals surface area (Å²) in [5.74, 6) is -0.155. The van der Waals surface area contributed by atoms with Gasteiger partial charge >= 0.3 is 0 Å². The molecule has 0 saturated carbocycles. The molecule has 3 N–H and O–H groups in total. The maximum atomic E-state index is 10.4. The van der Waals surface area contributed by atoms with Gasteiger partial charge in [0, 0.05) is 0 Å². The highest BCUT2D eigenvalue weighted by Crippen LogP contribution is 2.13. The molecule has 0 spiro atoms. The topological polar surface area (TPSA) is 91.8 Å². The molecule has 0 saturated heterocycles.